The van der Waals surface area contributed by atoms with Gasteiger partial charge in [-0.2, -0.15) is 0 Å². The van der Waals surface area contributed by atoms with Crippen molar-refractivity contribution >= 4 is 11.9 Å². The summed E-state index contributed by atoms with van der Waals surface area (Å²) in [5.41, 5.74) is -0.681. The van der Waals surface area contributed by atoms with Crippen LogP contribution in [0.15, 0.2) is 24.3 Å². The molecule has 1 fully saturated rings. The molecule has 1 aromatic rings. The molecule has 0 spiro atoms. The first-order valence-electron chi connectivity index (χ1n) is 9.55. The van der Waals surface area contributed by atoms with Gasteiger partial charge in [-0.3, -0.25) is 14.5 Å². The van der Waals surface area contributed by atoms with Crippen LogP contribution in [0.4, 0.5) is 0 Å². The molecule has 2 rings (SSSR count). The van der Waals surface area contributed by atoms with E-state index < -0.39 is 23.0 Å². The van der Waals surface area contributed by atoms with Crippen LogP contribution in [0.1, 0.15) is 45.2 Å². The van der Waals surface area contributed by atoms with E-state index in [2.05, 4.69) is 5.32 Å². The lowest BCUT2D eigenvalue weighted by Crippen LogP contribution is -2.48. The second kappa shape index (κ2) is 8.49. The number of hydrogen-bond acceptors (Lipinski definition) is 5. The lowest BCUT2D eigenvalue weighted by atomic mass is 9.87. The highest BCUT2D eigenvalue weighted by atomic mass is 16.5. The van der Waals surface area contributed by atoms with E-state index in [9.17, 15) is 14.7 Å². The number of carbonyl (C=O) groups excluding carboxylic acids is 1. The molecule has 156 valence electrons. The smallest absolute Gasteiger partial charge is 0.324 e. The van der Waals surface area contributed by atoms with E-state index in [1.54, 1.807) is 21.3 Å². The number of carboxylic acids is 1. The summed E-state index contributed by atoms with van der Waals surface area (Å²) < 4.78 is 10.6. The first kappa shape index (κ1) is 22.2. The van der Waals surface area contributed by atoms with E-state index in [1.165, 1.54) is 0 Å². The molecule has 1 heterocycles. The predicted molar refractivity (Wildman–Crippen MR) is 106 cm³/mol. The van der Waals surface area contributed by atoms with Gasteiger partial charge < -0.3 is 19.9 Å². The van der Waals surface area contributed by atoms with Gasteiger partial charge in [0.05, 0.1) is 18.6 Å². The Bertz CT molecular complexity index is 703. The van der Waals surface area contributed by atoms with Crippen LogP contribution in [0.5, 0.6) is 5.75 Å². The highest BCUT2D eigenvalue weighted by Gasteiger charge is 2.56. The number of amides is 1. The topological polar surface area (TPSA) is 88.1 Å². The van der Waals surface area contributed by atoms with E-state index in [-0.39, 0.29) is 18.4 Å². The zero-order valence-corrected chi connectivity index (χ0v) is 17.6. The number of nitrogens with zero attached hydrogens (tertiary/aromatic N) is 1. The average Bonchev–Trinajstić information content (AvgIpc) is 3.00. The number of hydrogen-bond donors (Lipinski definition) is 2. The quantitative estimate of drug-likeness (QED) is 0.707. The van der Waals surface area contributed by atoms with Crippen molar-refractivity contribution in [2.75, 3.05) is 27.8 Å². The van der Waals surface area contributed by atoms with Crippen LogP contribution >= 0.6 is 0 Å². The number of ether oxygens (including phenoxy) is 2. The Morgan fingerprint density at radius 3 is 2.36 bits per heavy atom. The molecular weight excluding hydrogens is 360 g/mol. The molecule has 0 aromatic heterocycles. The second-order valence-electron chi connectivity index (χ2n) is 8.01. The molecule has 1 amide bonds. The lowest BCUT2D eigenvalue weighted by Gasteiger charge is -2.34. The number of carboxylic acid groups (broad SMARTS) is 1. The Kier molecular flexibility index (Phi) is 6.72. The standard InChI is InChI=1S/C21H32N2O5/c1-7-21(19(25)26)12-16(18(24)22-13-20(2,3)28-6)17(23(21)4)14-8-10-15(27-5)11-9-14/h8-11,16-17H,7,12-13H2,1-6H3,(H,22,24)(H,25,26)/t16-,17-,21-/m0/s1. The van der Waals surface area contributed by atoms with Gasteiger partial charge in [0.15, 0.2) is 0 Å². The first-order valence-corrected chi connectivity index (χ1v) is 9.55. The summed E-state index contributed by atoms with van der Waals surface area (Å²) in [5.74, 6) is -0.827. The molecule has 1 aromatic carbocycles. The summed E-state index contributed by atoms with van der Waals surface area (Å²) in [6.45, 7) is 5.99. The molecule has 28 heavy (non-hydrogen) atoms. The van der Waals surface area contributed by atoms with Crippen molar-refractivity contribution in [1.82, 2.24) is 10.2 Å². The Hall–Kier alpha value is -2.12. The van der Waals surface area contributed by atoms with Crippen molar-refractivity contribution in [2.45, 2.75) is 50.8 Å². The van der Waals surface area contributed by atoms with Crippen LogP contribution in [0.2, 0.25) is 0 Å². The summed E-state index contributed by atoms with van der Waals surface area (Å²) in [7, 11) is 4.98. The second-order valence-corrected chi connectivity index (χ2v) is 8.01. The van der Waals surface area contributed by atoms with E-state index >= 15 is 0 Å². The maximum Gasteiger partial charge on any atom is 0.324 e. The zero-order chi connectivity index (χ0) is 21.1. The maximum atomic E-state index is 13.1. The Morgan fingerprint density at radius 2 is 1.89 bits per heavy atom. The molecule has 1 aliphatic heterocycles. The normalized spacial score (nSPS) is 25.5. The SMILES string of the molecule is CC[C@@]1(C(=O)O)C[C@H](C(=O)NCC(C)(C)OC)[C@H](c2ccc(OC)cc2)N1C. The summed E-state index contributed by atoms with van der Waals surface area (Å²) >= 11 is 0. The lowest BCUT2D eigenvalue weighted by molar-refractivity contribution is -0.150. The minimum absolute atomic E-state index is 0.158. The largest absolute Gasteiger partial charge is 0.497 e. The van der Waals surface area contributed by atoms with Crippen LogP contribution in [-0.2, 0) is 14.3 Å². The number of rotatable bonds is 8. The van der Waals surface area contributed by atoms with Gasteiger partial charge in [-0.15, -0.1) is 0 Å². The van der Waals surface area contributed by atoms with Crippen molar-refractivity contribution in [3.8, 4) is 5.75 Å². The number of benzene rings is 1. The predicted octanol–water partition coefficient (Wildman–Crippen LogP) is 2.46. The molecule has 1 aliphatic rings. The maximum absolute atomic E-state index is 13.1. The van der Waals surface area contributed by atoms with Gasteiger partial charge in [0, 0.05) is 19.7 Å². The van der Waals surface area contributed by atoms with Crippen molar-refractivity contribution < 1.29 is 24.2 Å². The molecule has 3 atom stereocenters. The molecule has 1 saturated heterocycles. The van der Waals surface area contributed by atoms with E-state index in [0.29, 0.717) is 18.7 Å². The average molecular weight is 392 g/mol. The van der Waals surface area contributed by atoms with Crippen LogP contribution in [0, 0.1) is 5.92 Å². The van der Waals surface area contributed by atoms with Gasteiger partial charge in [-0.25, -0.2) is 0 Å². The van der Waals surface area contributed by atoms with Gasteiger partial charge in [0.2, 0.25) is 5.91 Å². The monoisotopic (exact) mass is 392 g/mol. The molecular formula is C21H32N2O5. The van der Waals surface area contributed by atoms with Gasteiger partial charge in [0.1, 0.15) is 11.3 Å². The van der Waals surface area contributed by atoms with E-state index in [4.69, 9.17) is 9.47 Å². The molecule has 0 radical (unpaired) electrons. The molecule has 0 aliphatic carbocycles. The van der Waals surface area contributed by atoms with Gasteiger partial charge in [-0.05, 0) is 51.4 Å². The first-order chi connectivity index (χ1) is 13.1. The zero-order valence-electron chi connectivity index (χ0n) is 17.6. The van der Waals surface area contributed by atoms with Crippen molar-refractivity contribution in [3.05, 3.63) is 29.8 Å². The molecule has 0 bridgehead atoms. The van der Waals surface area contributed by atoms with Crippen LogP contribution in [-0.4, -0.2) is 60.8 Å². The minimum Gasteiger partial charge on any atom is -0.497 e. The minimum atomic E-state index is -1.08. The molecule has 7 heteroatoms. The highest BCUT2D eigenvalue weighted by Crippen LogP contribution is 2.47. The third kappa shape index (κ3) is 4.15. The fraction of sp³-hybridized carbons (Fsp3) is 0.619. The number of likely N-dealkylation sites (N-methyl/N-ethyl adjacent to an activating group) is 1. The molecule has 0 unspecified atom stereocenters. The van der Waals surface area contributed by atoms with Crippen molar-refractivity contribution in [3.63, 3.8) is 0 Å². The Labute approximate surface area is 167 Å². The van der Waals surface area contributed by atoms with Crippen molar-refractivity contribution in [1.29, 1.82) is 0 Å². The Balaban J connectivity index is 2.37. The third-order valence-electron chi connectivity index (χ3n) is 6.05. The van der Waals surface area contributed by atoms with Gasteiger partial charge in [0.25, 0.3) is 0 Å². The molecule has 0 saturated carbocycles. The molecule has 7 nitrogen and oxygen atoms in total. The highest BCUT2D eigenvalue weighted by molar-refractivity contribution is 5.85. The summed E-state index contributed by atoms with van der Waals surface area (Å²) in [6.07, 6.45) is 0.671. The number of aliphatic carboxylic acids is 1. The van der Waals surface area contributed by atoms with Crippen LogP contribution in [0.3, 0.4) is 0 Å². The Morgan fingerprint density at radius 1 is 1.29 bits per heavy atom. The third-order valence-corrected chi connectivity index (χ3v) is 6.05. The number of methoxy groups -OCH3 is 2. The molecule has 2 N–H and O–H groups in total. The number of likely N-dealkylation sites (tertiary alicyclic amines) is 1. The van der Waals surface area contributed by atoms with E-state index in [1.807, 2.05) is 49.9 Å². The fourth-order valence-electron chi connectivity index (χ4n) is 3.94. The summed E-state index contributed by atoms with van der Waals surface area (Å²) in [6, 6.07) is 7.12. The van der Waals surface area contributed by atoms with Crippen molar-refractivity contribution in [2.24, 2.45) is 5.92 Å². The van der Waals surface area contributed by atoms with E-state index in [0.717, 1.165) is 5.56 Å². The van der Waals surface area contributed by atoms with Crippen LogP contribution < -0.4 is 10.1 Å². The summed E-state index contributed by atoms with van der Waals surface area (Å²) in [5, 5.41) is 12.9. The van der Waals surface area contributed by atoms with Gasteiger partial charge >= 0.3 is 5.97 Å². The van der Waals surface area contributed by atoms with Gasteiger partial charge in [-0.1, -0.05) is 19.1 Å². The summed E-state index contributed by atoms with van der Waals surface area (Å²) in [4.78, 5) is 27.1. The number of carbonyl (C=O) groups is 2. The van der Waals surface area contributed by atoms with Crippen LogP contribution in [0.25, 0.3) is 0 Å². The number of nitrogens with one attached hydrogen (secondary N) is 1. The fourth-order valence-corrected chi connectivity index (χ4v) is 3.94.